The molecule has 0 fully saturated rings. The molecule has 0 saturated heterocycles. The molecule has 1 aliphatic rings. The number of fused-ring (bicyclic) bond motifs is 3. The maximum Gasteiger partial charge on any atom is 0.0216 e. The fourth-order valence-electron chi connectivity index (χ4n) is 2.78. The van der Waals surface area contributed by atoms with Gasteiger partial charge in [-0.2, -0.15) is 0 Å². The highest BCUT2D eigenvalue weighted by Crippen LogP contribution is 2.38. The molecule has 3 rings (SSSR count). The lowest BCUT2D eigenvalue weighted by molar-refractivity contribution is 0.424. The predicted molar refractivity (Wildman–Crippen MR) is 81.3 cm³/mol. The Morgan fingerprint density at radius 1 is 0.947 bits per heavy atom. The molecule has 0 aliphatic heterocycles. The van der Waals surface area contributed by atoms with Gasteiger partial charge in [-0.3, -0.25) is 0 Å². The highest BCUT2D eigenvalue weighted by molar-refractivity contribution is 5.79. The van der Waals surface area contributed by atoms with E-state index in [2.05, 4.69) is 68.6 Å². The molecule has 1 N–H and O–H groups in total. The van der Waals surface area contributed by atoms with Crippen LogP contribution in [0.4, 0.5) is 0 Å². The number of benzene rings is 2. The highest BCUT2D eigenvalue weighted by atomic mass is 14.9. The Labute approximate surface area is 115 Å². The summed E-state index contributed by atoms with van der Waals surface area (Å²) in [5.74, 6) is 0. The summed E-state index contributed by atoms with van der Waals surface area (Å²) in [6, 6.07) is 15.5. The lowest BCUT2D eigenvalue weighted by Gasteiger charge is -2.21. The van der Waals surface area contributed by atoms with Gasteiger partial charge in [0.25, 0.3) is 0 Å². The molecule has 2 aromatic carbocycles. The molecule has 19 heavy (non-hydrogen) atoms. The standard InChI is InChI=1S/C18H21N/c1-18(2,3)19-12-15-9-6-8-14-11-13-7-4-5-10-16(13)17(14)15/h4-10,19H,11-12H2,1-3H3. The van der Waals surface area contributed by atoms with E-state index in [0.717, 1.165) is 13.0 Å². The minimum atomic E-state index is 0.154. The summed E-state index contributed by atoms with van der Waals surface area (Å²) in [5.41, 5.74) is 7.37. The van der Waals surface area contributed by atoms with Crippen molar-refractivity contribution in [1.29, 1.82) is 0 Å². The average Bonchev–Trinajstić information content (AvgIpc) is 2.74. The quantitative estimate of drug-likeness (QED) is 0.721. The monoisotopic (exact) mass is 251 g/mol. The molecule has 2 aromatic rings. The zero-order valence-corrected chi connectivity index (χ0v) is 12.0. The molecule has 0 bridgehead atoms. The number of rotatable bonds is 2. The van der Waals surface area contributed by atoms with E-state index in [9.17, 15) is 0 Å². The van der Waals surface area contributed by atoms with Gasteiger partial charge in [0, 0.05) is 12.1 Å². The van der Waals surface area contributed by atoms with Crippen LogP contribution in [0, 0.1) is 0 Å². The van der Waals surface area contributed by atoms with E-state index in [4.69, 9.17) is 0 Å². The first kappa shape index (κ1) is 12.4. The zero-order valence-electron chi connectivity index (χ0n) is 12.0. The summed E-state index contributed by atoms with van der Waals surface area (Å²) in [5, 5.41) is 3.60. The molecule has 0 radical (unpaired) electrons. The number of hydrogen-bond acceptors (Lipinski definition) is 1. The molecule has 1 nitrogen and oxygen atoms in total. The largest absolute Gasteiger partial charge is 0.308 e. The van der Waals surface area contributed by atoms with Gasteiger partial charge < -0.3 is 5.32 Å². The molecule has 1 aliphatic carbocycles. The van der Waals surface area contributed by atoms with Gasteiger partial charge in [-0.15, -0.1) is 0 Å². The fourth-order valence-corrected chi connectivity index (χ4v) is 2.78. The topological polar surface area (TPSA) is 12.0 Å². The summed E-state index contributed by atoms with van der Waals surface area (Å²) in [6.45, 7) is 7.57. The molecule has 0 saturated carbocycles. The Bertz CT molecular complexity index is 605. The summed E-state index contributed by atoms with van der Waals surface area (Å²) < 4.78 is 0. The van der Waals surface area contributed by atoms with Gasteiger partial charge in [0.15, 0.2) is 0 Å². The van der Waals surface area contributed by atoms with Crippen LogP contribution in [-0.2, 0) is 13.0 Å². The van der Waals surface area contributed by atoms with Crippen LogP contribution < -0.4 is 5.32 Å². The molecular formula is C18H21N. The van der Waals surface area contributed by atoms with Crippen molar-refractivity contribution >= 4 is 0 Å². The third-order valence-electron chi connectivity index (χ3n) is 3.71. The molecule has 0 atom stereocenters. The number of nitrogens with one attached hydrogen (secondary N) is 1. The van der Waals surface area contributed by atoms with Crippen molar-refractivity contribution < 1.29 is 0 Å². The van der Waals surface area contributed by atoms with Crippen LogP contribution in [-0.4, -0.2) is 5.54 Å². The minimum absolute atomic E-state index is 0.154. The summed E-state index contributed by atoms with van der Waals surface area (Å²) >= 11 is 0. The van der Waals surface area contributed by atoms with Crippen molar-refractivity contribution in [1.82, 2.24) is 5.32 Å². The molecule has 0 spiro atoms. The van der Waals surface area contributed by atoms with Crippen LogP contribution in [0.3, 0.4) is 0 Å². The van der Waals surface area contributed by atoms with Crippen LogP contribution in [0.5, 0.6) is 0 Å². The lowest BCUT2D eigenvalue weighted by atomic mass is 9.98. The first-order valence-corrected chi connectivity index (χ1v) is 6.99. The lowest BCUT2D eigenvalue weighted by Crippen LogP contribution is -2.35. The predicted octanol–water partition coefficient (Wildman–Crippen LogP) is 4.15. The smallest absolute Gasteiger partial charge is 0.0216 e. The molecule has 1 heteroatoms. The summed E-state index contributed by atoms with van der Waals surface area (Å²) in [6.07, 6.45) is 1.08. The van der Waals surface area contributed by atoms with Crippen molar-refractivity contribution in [3.05, 3.63) is 59.2 Å². The van der Waals surface area contributed by atoms with Crippen molar-refractivity contribution in [2.24, 2.45) is 0 Å². The van der Waals surface area contributed by atoms with Gasteiger partial charge in [-0.1, -0.05) is 42.5 Å². The van der Waals surface area contributed by atoms with Crippen LogP contribution in [0.25, 0.3) is 11.1 Å². The van der Waals surface area contributed by atoms with Gasteiger partial charge in [0.2, 0.25) is 0 Å². The third kappa shape index (κ3) is 2.43. The molecule has 0 heterocycles. The molecule has 0 unspecified atom stereocenters. The van der Waals surface area contributed by atoms with E-state index >= 15 is 0 Å². The van der Waals surface area contributed by atoms with Gasteiger partial charge >= 0.3 is 0 Å². The second-order valence-electron chi connectivity index (χ2n) is 6.39. The Morgan fingerprint density at radius 2 is 1.68 bits per heavy atom. The Morgan fingerprint density at radius 3 is 2.47 bits per heavy atom. The van der Waals surface area contributed by atoms with E-state index in [0.29, 0.717) is 0 Å². The molecule has 0 amide bonds. The second kappa shape index (κ2) is 4.50. The van der Waals surface area contributed by atoms with Crippen molar-refractivity contribution in [2.45, 2.75) is 39.3 Å². The van der Waals surface area contributed by atoms with Crippen LogP contribution in [0.15, 0.2) is 42.5 Å². The van der Waals surface area contributed by atoms with Crippen LogP contribution in [0.2, 0.25) is 0 Å². The Kier molecular flexibility index (Phi) is 2.94. The highest BCUT2D eigenvalue weighted by Gasteiger charge is 2.21. The maximum absolute atomic E-state index is 3.60. The van der Waals surface area contributed by atoms with Gasteiger partial charge in [0.1, 0.15) is 0 Å². The van der Waals surface area contributed by atoms with Crippen molar-refractivity contribution in [3.8, 4) is 11.1 Å². The summed E-state index contributed by atoms with van der Waals surface area (Å²) in [7, 11) is 0. The van der Waals surface area contributed by atoms with E-state index in [1.54, 1.807) is 0 Å². The van der Waals surface area contributed by atoms with E-state index in [-0.39, 0.29) is 5.54 Å². The normalized spacial score (nSPS) is 13.2. The number of hydrogen-bond donors (Lipinski definition) is 1. The average molecular weight is 251 g/mol. The summed E-state index contributed by atoms with van der Waals surface area (Å²) in [4.78, 5) is 0. The van der Waals surface area contributed by atoms with Gasteiger partial charge in [-0.05, 0) is 55.0 Å². The van der Waals surface area contributed by atoms with E-state index in [1.165, 1.54) is 27.8 Å². The molecule has 0 aromatic heterocycles. The molecular weight excluding hydrogens is 230 g/mol. The third-order valence-corrected chi connectivity index (χ3v) is 3.71. The van der Waals surface area contributed by atoms with Crippen LogP contribution >= 0.6 is 0 Å². The maximum atomic E-state index is 3.60. The van der Waals surface area contributed by atoms with Gasteiger partial charge in [-0.25, -0.2) is 0 Å². The van der Waals surface area contributed by atoms with Crippen molar-refractivity contribution in [3.63, 3.8) is 0 Å². The zero-order chi connectivity index (χ0) is 13.5. The van der Waals surface area contributed by atoms with E-state index < -0.39 is 0 Å². The first-order chi connectivity index (χ1) is 9.04. The van der Waals surface area contributed by atoms with E-state index in [1.807, 2.05) is 0 Å². The van der Waals surface area contributed by atoms with Gasteiger partial charge in [0.05, 0.1) is 0 Å². The first-order valence-electron chi connectivity index (χ1n) is 6.99. The van der Waals surface area contributed by atoms with Crippen molar-refractivity contribution in [2.75, 3.05) is 0 Å². The molecule has 98 valence electrons. The minimum Gasteiger partial charge on any atom is -0.308 e. The fraction of sp³-hybridized carbons (Fsp3) is 0.333. The SMILES string of the molecule is CC(C)(C)NCc1cccc2c1-c1ccccc1C2. The second-order valence-corrected chi connectivity index (χ2v) is 6.39. The Balaban J connectivity index is 2.00. The van der Waals surface area contributed by atoms with Crippen LogP contribution in [0.1, 0.15) is 37.5 Å². The Hall–Kier alpha value is -1.60.